The second-order valence-corrected chi connectivity index (χ2v) is 12.2. The van der Waals surface area contributed by atoms with E-state index in [-0.39, 0.29) is 12.1 Å². The van der Waals surface area contributed by atoms with Gasteiger partial charge in [-0.2, -0.15) is 0 Å². The molecule has 9 heteroatoms. The van der Waals surface area contributed by atoms with Gasteiger partial charge in [-0.1, -0.05) is 34.4 Å². The van der Waals surface area contributed by atoms with Crippen molar-refractivity contribution in [3.05, 3.63) is 69.5 Å². The number of methoxy groups -OCH3 is 1. The second kappa shape index (κ2) is 10.1. The highest BCUT2D eigenvalue weighted by Crippen LogP contribution is 2.47. The van der Waals surface area contributed by atoms with E-state index in [0.29, 0.717) is 51.2 Å². The Morgan fingerprint density at radius 3 is 2.50 bits per heavy atom. The number of benzene rings is 2. The Kier molecular flexibility index (Phi) is 6.56. The first-order chi connectivity index (χ1) is 19.4. The van der Waals surface area contributed by atoms with E-state index in [1.54, 1.807) is 0 Å². The molecule has 208 valence electrons. The molecule has 2 aliphatic carbocycles. The fourth-order valence-electron chi connectivity index (χ4n) is 6.68. The summed E-state index contributed by atoms with van der Waals surface area (Å²) in [7, 11) is 3.38. The van der Waals surface area contributed by atoms with Crippen LogP contribution in [-0.4, -0.2) is 42.0 Å². The summed E-state index contributed by atoms with van der Waals surface area (Å²) >= 11 is 13.1. The number of halogens is 2. The van der Waals surface area contributed by atoms with Gasteiger partial charge in [-0.25, -0.2) is 4.79 Å². The molecular formula is C31H31Cl2N3O4. The minimum absolute atomic E-state index is 0.201. The van der Waals surface area contributed by atoms with Gasteiger partial charge in [0.05, 0.1) is 40.9 Å². The molecule has 2 aromatic carbocycles. The highest BCUT2D eigenvalue weighted by atomic mass is 35.5. The molecule has 7 nitrogen and oxygen atoms in total. The molecule has 3 aliphatic rings. The van der Waals surface area contributed by atoms with Gasteiger partial charge in [-0.15, -0.1) is 0 Å². The lowest BCUT2D eigenvalue weighted by Gasteiger charge is -2.22. The van der Waals surface area contributed by atoms with Gasteiger partial charge in [0.2, 0.25) is 0 Å². The molecule has 3 fully saturated rings. The zero-order valence-electron chi connectivity index (χ0n) is 22.5. The van der Waals surface area contributed by atoms with Crippen LogP contribution in [0.15, 0.2) is 47.1 Å². The van der Waals surface area contributed by atoms with Crippen LogP contribution in [0.25, 0.3) is 22.2 Å². The van der Waals surface area contributed by atoms with Gasteiger partial charge in [0.25, 0.3) is 0 Å². The summed E-state index contributed by atoms with van der Waals surface area (Å²) in [6, 6.07) is 11.8. The minimum atomic E-state index is -0.308. The minimum Gasteiger partial charge on any atom is -0.465 e. The molecule has 0 radical (unpaired) electrons. The van der Waals surface area contributed by atoms with E-state index in [2.05, 4.69) is 22.2 Å². The van der Waals surface area contributed by atoms with Gasteiger partial charge in [0, 0.05) is 54.5 Å². The van der Waals surface area contributed by atoms with Crippen molar-refractivity contribution < 1.29 is 18.8 Å². The van der Waals surface area contributed by atoms with Crippen molar-refractivity contribution in [3.63, 3.8) is 0 Å². The molecule has 0 spiro atoms. The first-order valence-electron chi connectivity index (χ1n) is 13.9. The molecule has 3 atom stereocenters. The molecule has 1 saturated heterocycles. The molecule has 2 saturated carbocycles. The molecule has 40 heavy (non-hydrogen) atoms. The van der Waals surface area contributed by atoms with Crippen LogP contribution in [0.2, 0.25) is 10.0 Å². The smallest absolute Gasteiger partial charge is 0.340 e. The maximum atomic E-state index is 12.2. The molecule has 2 unspecified atom stereocenters. The molecule has 3 heterocycles. The summed E-state index contributed by atoms with van der Waals surface area (Å²) in [6.07, 6.45) is 6.33. The number of anilines is 1. The molecule has 2 aromatic heterocycles. The summed E-state index contributed by atoms with van der Waals surface area (Å²) < 4.78 is 19.3. The van der Waals surface area contributed by atoms with Crippen LogP contribution in [0.3, 0.4) is 0 Å². The van der Waals surface area contributed by atoms with Crippen LogP contribution in [0.5, 0.6) is 0 Å². The van der Waals surface area contributed by atoms with Gasteiger partial charge < -0.3 is 23.5 Å². The number of ether oxygens (including phenoxy) is 2. The van der Waals surface area contributed by atoms with Crippen molar-refractivity contribution in [2.45, 2.75) is 44.3 Å². The van der Waals surface area contributed by atoms with E-state index in [1.165, 1.54) is 12.8 Å². The Balaban J connectivity index is 1.04. The molecule has 7 rings (SSSR count). The number of aromatic nitrogens is 2. The Morgan fingerprint density at radius 2 is 1.82 bits per heavy atom. The maximum Gasteiger partial charge on any atom is 0.340 e. The predicted octanol–water partition coefficient (Wildman–Crippen LogP) is 7.24. The van der Waals surface area contributed by atoms with E-state index < -0.39 is 0 Å². The normalized spacial score (nSPS) is 22.3. The van der Waals surface area contributed by atoms with Gasteiger partial charge in [0.1, 0.15) is 11.5 Å². The fraction of sp³-hybridized carbons (Fsp3) is 0.419. The van der Waals surface area contributed by atoms with Crippen LogP contribution < -0.4 is 4.90 Å². The number of carbonyl (C=O) groups excluding carboxylic acids is 1. The van der Waals surface area contributed by atoms with Crippen LogP contribution >= 0.6 is 23.2 Å². The van der Waals surface area contributed by atoms with Gasteiger partial charge in [-0.3, -0.25) is 0 Å². The average molecular weight is 581 g/mol. The quantitative estimate of drug-likeness (QED) is 0.215. The molecule has 0 N–H and O–H groups in total. The van der Waals surface area contributed by atoms with Crippen LogP contribution in [0, 0.1) is 11.8 Å². The van der Waals surface area contributed by atoms with E-state index in [1.807, 2.05) is 42.1 Å². The SMILES string of the molecule is COC(=O)c1cn(C)c2cc(N3CC4CC(OCc5c(-c6c(Cl)cccc6Cl)noc5C5CC5)C[C@H]4C3)ccc12. The standard InChI is InChI=1S/C31H31Cl2N3O4/c1-35-15-23(31(37)38-2)22-9-8-20(12-27(22)35)36-13-18-10-21(11-19(18)14-36)39-16-24-29(34-40-30(24)17-6-7-17)28-25(32)4-3-5-26(28)33/h3-5,8-9,12,15,17-19,21H,6-7,10-11,13-14,16H2,1-2H3/t18-,19?,21?/m0/s1. The number of hydrogen-bond acceptors (Lipinski definition) is 6. The van der Waals surface area contributed by atoms with E-state index in [0.717, 1.165) is 61.0 Å². The molecule has 4 aromatic rings. The Morgan fingerprint density at radius 1 is 1.10 bits per heavy atom. The Bertz CT molecular complexity index is 1570. The van der Waals surface area contributed by atoms with Crippen LogP contribution in [-0.2, 0) is 23.1 Å². The zero-order chi connectivity index (χ0) is 27.5. The number of esters is 1. The number of carbonyl (C=O) groups is 1. The topological polar surface area (TPSA) is 69.7 Å². The summed E-state index contributed by atoms with van der Waals surface area (Å²) in [5, 5.41) is 6.45. The van der Waals surface area contributed by atoms with Crippen LogP contribution in [0.4, 0.5) is 5.69 Å². The van der Waals surface area contributed by atoms with Crippen molar-refractivity contribution >= 4 is 45.8 Å². The van der Waals surface area contributed by atoms with Crippen molar-refractivity contribution in [3.8, 4) is 11.3 Å². The summed E-state index contributed by atoms with van der Waals surface area (Å²) in [5.41, 5.74) is 5.23. The van der Waals surface area contributed by atoms with Gasteiger partial charge >= 0.3 is 5.97 Å². The lowest BCUT2D eigenvalue weighted by molar-refractivity contribution is 0.0403. The Labute approximate surface area is 242 Å². The number of rotatable bonds is 7. The first kappa shape index (κ1) is 25.9. The monoisotopic (exact) mass is 579 g/mol. The summed E-state index contributed by atoms with van der Waals surface area (Å²) in [4.78, 5) is 14.6. The van der Waals surface area contributed by atoms with E-state index in [9.17, 15) is 4.79 Å². The third-order valence-corrected chi connectivity index (χ3v) is 9.51. The lowest BCUT2D eigenvalue weighted by atomic mass is 10.0. The average Bonchev–Trinajstić information content (AvgIpc) is 3.24. The third-order valence-electron chi connectivity index (χ3n) is 8.88. The van der Waals surface area contributed by atoms with Crippen molar-refractivity contribution in [2.75, 3.05) is 25.1 Å². The molecule has 1 aliphatic heterocycles. The highest BCUT2D eigenvalue weighted by Gasteiger charge is 2.42. The second-order valence-electron chi connectivity index (χ2n) is 11.4. The largest absolute Gasteiger partial charge is 0.465 e. The highest BCUT2D eigenvalue weighted by molar-refractivity contribution is 6.39. The fourth-order valence-corrected chi connectivity index (χ4v) is 7.26. The number of nitrogens with zero attached hydrogens (tertiary/aromatic N) is 3. The van der Waals surface area contributed by atoms with Gasteiger partial charge in [-0.05, 0) is 67.9 Å². The molecule has 0 bridgehead atoms. The van der Waals surface area contributed by atoms with Crippen molar-refractivity contribution in [1.82, 2.24) is 9.72 Å². The third kappa shape index (κ3) is 4.48. The molecule has 0 amide bonds. The van der Waals surface area contributed by atoms with Crippen molar-refractivity contribution in [2.24, 2.45) is 18.9 Å². The van der Waals surface area contributed by atoms with Gasteiger partial charge in [0.15, 0.2) is 0 Å². The maximum absolute atomic E-state index is 12.2. The lowest BCUT2D eigenvalue weighted by Crippen LogP contribution is -2.23. The summed E-state index contributed by atoms with van der Waals surface area (Å²) in [5.74, 6) is 2.19. The number of aryl methyl sites for hydroxylation is 1. The first-order valence-corrected chi connectivity index (χ1v) is 14.6. The van der Waals surface area contributed by atoms with Crippen molar-refractivity contribution in [1.29, 1.82) is 0 Å². The van der Waals surface area contributed by atoms with Crippen LogP contribution in [0.1, 0.15) is 53.3 Å². The predicted molar refractivity (Wildman–Crippen MR) is 155 cm³/mol. The van der Waals surface area contributed by atoms with E-state index in [4.69, 9.17) is 37.2 Å². The number of fused-ring (bicyclic) bond motifs is 2. The zero-order valence-corrected chi connectivity index (χ0v) is 24.0. The Hall–Kier alpha value is -3.00. The summed E-state index contributed by atoms with van der Waals surface area (Å²) in [6.45, 7) is 2.46. The molecular weight excluding hydrogens is 549 g/mol. The van der Waals surface area contributed by atoms with E-state index >= 15 is 0 Å². The number of hydrogen-bond donors (Lipinski definition) is 0.